The molecule has 0 aromatic heterocycles. The first-order chi connectivity index (χ1) is 12.1. The number of halogens is 1. The molecule has 0 aliphatic carbocycles. The normalized spacial score (nSPS) is 10.1. The van der Waals surface area contributed by atoms with Gasteiger partial charge in [-0.3, -0.25) is 4.79 Å². The van der Waals surface area contributed by atoms with Crippen LogP contribution in [0.15, 0.2) is 66.7 Å². The summed E-state index contributed by atoms with van der Waals surface area (Å²) in [6.45, 7) is 1.90. The van der Waals surface area contributed by atoms with Crippen LogP contribution in [0.2, 0.25) is 5.02 Å². The summed E-state index contributed by atoms with van der Waals surface area (Å²) in [6, 6.07) is 22.0. The third kappa shape index (κ3) is 3.55. The highest BCUT2D eigenvalue weighted by Gasteiger charge is 2.15. The van der Waals surface area contributed by atoms with Crippen molar-refractivity contribution in [3.63, 3.8) is 0 Å². The minimum Gasteiger partial charge on any atom is -0.354 e. The van der Waals surface area contributed by atoms with E-state index >= 15 is 0 Å². The zero-order chi connectivity index (χ0) is 17.8. The quantitative estimate of drug-likeness (QED) is 0.635. The highest BCUT2D eigenvalue weighted by atomic mass is 35.5. The van der Waals surface area contributed by atoms with E-state index in [0.29, 0.717) is 33.1 Å². The standard InChI is InChI=1S/C21H15ClN2O/c1-14-6-2-4-8-17(14)21(25)18-11-10-16(12-19(18)22)24-20-9-5-3-7-15(20)13-23/h2-12,24H,1H3. The molecule has 0 saturated carbocycles. The number of ketones is 1. The van der Waals surface area contributed by atoms with Gasteiger partial charge in [0, 0.05) is 16.8 Å². The van der Waals surface area contributed by atoms with Crippen molar-refractivity contribution in [2.75, 3.05) is 5.32 Å². The molecule has 0 saturated heterocycles. The number of anilines is 2. The van der Waals surface area contributed by atoms with Gasteiger partial charge in [0.25, 0.3) is 0 Å². The highest BCUT2D eigenvalue weighted by Crippen LogP contribution is 2.27. The molecule has 3 aromatic carbocycles. The molecule has 0 atom stereocenters. The lowest BCUT2D eigenvalue weighted by molar-refractivity contribution is 0.103. The maximum absolute atomic E-state index is 12.7. The van der Waals surface area contributed by atoms with Crippen LogP contribution in [0, 0.1) is 18.3 Å². The summed E-state index contributed by atoms with van der Waals surface area (Å²) in [7, 11) is 0. The Morgan fingerprint density at radius 3 is 2.44 bits per heavy atom. The molecule has 0 bridgehead atoms. The van der Waals surface area contributed by atoms with Gasteiger partial charge in [0.05, 0.1) is 16.3 Å². The maximum Gasteiger partial charge on any atom is 0.194 e. The number of hydrogen-bond donors (Lipinski definition) is 1. The van der Waals surface area contributed by atoms with E-state index in [9.17, 15) is 4.79 Å². The Balaban J connectivity index is 1.90. The number of nitrogens with zero attached hydrogens (tertiary/aromatic N) is 1. The second-order valence-electron chi connectivity index (χ2n) is 5.62. The van der Waals surface area contributed by atoms with Crippen molar-refractivity contribution in [1.82, 2.24) is 0 Å². The van der Waals surface area contributed by atoms with Gasteiger partial charge in [-0.05, 0) is 42.8 Å². The number of carbonyl (C=O) groups excluding carboxylic acids is 1. The molecule has 3 nitrogen and oxygen atoms in total. The van der Waals surface area contributed by atoms with Gasteiger partial charge in [-0.1, -0.05) is 48.0 Å². The molecule has 0 heterocycles. The number of benzene rings is 3. The van der Waals surface area contributed by atoms with Crippen LogP contribution in [0.3, 0.4) is 0 Å². The van der Waals surface area contributed by atoms with Crippen molar-refractivity contribution < 1.29 is 4.79 Å². The van der Waals surface area contributed by atoms with Gasteiger partial charge in [-0.25, -0.2) is 0 Å². The molecular formula is C21H15ClN2O. The Labute approximate surface area is 151 Å². The van der Waals surface area contributed by atoms with Gasteiger partial charge in [0.2, 0.25) is 0 Å². The summed E-state index contributed by atoms with van der Waals surface area (Å²) in [5, 5.41) is 12.7. The van der Waals surface area contributed by atoms with Crippen LogP contribution in [0.5, 0.6) is 0 Å². The molecule has 0 fully saturated rings. The number of hydrogen-bond acceptors (Lipinski definition) is 3. The Bertz CT molecular complexity index is 989. The van der Waals surface area contributed by atoms with Gasteiger partial charge >= 0.3 is 0 Å². The average molecular weight is 347 g/mol. The number of para-hydroxylation sites is 1. The first kappa shape index (κ1) is 16.8. The third-order valence-corrected chi connectivity index (χ3v) is 4.24. The van der Waals surface area contributed by atoms with Crippen molar-refractivity contribution in [2.24, 2.45) is 0 Å². The molecule has 0 amide bonds. The Hall–Kier alpha value is -3.09. The van der Waals surface area contributed by atoms with Crippen LogP contribution in [-0.2, 0) is 0 Å². The first-order valence-corrected chi connectivity index (χ1v) is 8.14. The smallest absolute Gasteiger partial charge is 0.194 e. The zero-order valence-electron chi connectivity index (χ0n) is 13.6. The lowest BCUT2D eigenvalue weighted by Gasteiger charge is -2.11. The molecule has 0 spiro atoms. The summed E-state index contributed by atoms with van der Waals surface area (Å²) in [5.74, 6) is -0.105. The summed E-state index contributed by atoms with van der Waals surface area (Å²) in [5.41, 5.74) is 3.95. The van der Waals surface area contributed by atoms with E-state index in [0.717, 1.165) is 5.56 Å². The maximum atomic E-state index is 12.7. The van der Waals surface area contributed by atoms with Crippen molar-refractivity contribution in [2.45, 2.75) is 6.92 Å². The van der Waals surface area contributed by atoms with E-state index in [1.54, 1.807) is 36.4 Å². The summed E-state index contributed by atoms with van der Waals surface area (Å²) in [6.07, 6.45) is 0. The van der Waals surface area contributed by atoms with Crippen molar-refractivity contribution in [3.05, 3.63) is 94.0 Å². The molecule has 0 aliphatic rings. The van der Waals surface area contributed by atoms with Crippen LogP contribution < -0.4 is 5.32 Å². The minimum atomic E-state index is -0.105. The van der Waals surface area contributed by atoms with Gasteiger partial charge in [0.1, 0.15) is 6.07 Å². The largest absolute Gasteiger partial charge is 0.354 e. The Kier molecular flexibility index (Phi) is 4.83. The monoisotopic (exact) mass is 346 g/mol. The summed E-state index contributed by atoms with van der Waals surface area (Å²) in [4.78, 5) is 12.7. The third-order valence-electron chi connectivity index (χ3n) is 3.93. The number of nitrogens with one attached hydrogen (secondary N) is 1. The molecule has 4 heteroatoms. The fourth-order valence-electron chi connectivity index (χ4n) is 2.59. The number of aryl methyl sites for hydroxylation is 1. The topological polar surface area (TPSA) is 52.9 Å². The van der Waals surface area contributed by atoms with Crippen LogP contribution in [0.4, 0.5) is 11.4 Å². The highest BCUT2D eigenvalue weighted by molar-refractivity contribution is 6.35. The van der Waals surface area contributed by atoms with Gasteiger partial charge in [0.15, 0.2) is 5.78 Å². The second kappa shape index (κ2) is 7.21. The SMILES string of the molecule is Cc1ccccc1C(=O)c1ccc(Nc2ccccc2C#N)cc1Cl. The van der Waals surface area contributed by atoms with E-state index in [1.165, 1.54) is 0 Å². The molecule has 0 aliphatic heterocycles. The molecule has 25 heavy (non-hydrogen) atoms. The van der Waals surface area contributed by atoms with Gasteiger partial charge in [-0.15, -0.1) is 0 Å². The van der Waals surface area contributed by atoms with Crippen molar-refractivity contribution in [3.8, 4) is 6.07 Å². The van der Waals surface area contributed by atoms with E-state index in [2.05, 4.69) is 11.4 Å². The van der Waals surface area contributed by atoms with Crippen molar-refractivity contribution in [1.29, 1.82) is 5.26 Å². The first-order valence-electron chi connectivity index (χ1n) is 7.76. The second-order valence-corrected chi connectivity index (χ2v) is 6.03. The van der Waals surface area contributed by atoms with Crippen LogP contribution >= 0.6 is 11.6 Å². The lowest BCUT2D eigenvalue weighted by atomic mass is 9.99. The minimum absolute atomic E-state index is 0.105. The predicted molar refractivity (Wildman–Crippen MR) is 101 cm³/mol. The number of carbonyl (C=O) groups is 1. The lowest BCUT2D eigenvalue weighted by Crippen LogP contribution is -2.05. The van der Waals surface area contributed by atoms with Crippen LogP contribution in [0.25, 0.3) is 0 Å². The molecule has 3 rings (SSSR count). The molecule has 122 valence electrons. The fourth-order valence-corrected chi connectivity index (χ4v) is 2.86. The van der Waals surface area contributed by atoms with E-state index in [-0.39, 0.29) is 5.78 Å². The molecule has 0 unspecified atom stereocenters. The van der Waals surface area contributed by atoms with E-state index in [4.69, 9.17) is 16.9 Å². The van der Waals surface area contributed by atoms with Crippen LogP contribution in [-0.4, -0.2) is 5.78 Å². The fraction of sp³-hybridized carbons (Fsp3) is 0.0476. The average Bonchev–Trinajstić information content (AvgIpc) is 2.62. The van der Waals surface area contributed by atoms with Gasteiger partial charge in [-0.2, -0.15) is 5.26 Å². The van der Waals surface area contributed by atoms with Crippen LogP contribution in [0.1, 0.15) is 27.0 Å². The van der Waals surface area contributed by atoms with E-state index < -0.39 is 0 Å². The van der Waals surface area contributed by atoms with Gasteiger partial charge < -0.3 is 5.32 Å². The number of rotatable bonds is 4. The molecule has 1 N–H and O–H groups in total. The Morgan fingerprint density at radius 2 is 1.72 bits per heavy atom. The number of nitriles is 1. The Morgan fingerprint density at radius 1 is 1.00 bits per heavy atom. The summed E-state index contributed by atoms with van der Waals surface area (Å²) >= 11 is 6.34. The molecule has 0 radical (unpaired) electrons. The van der Waals surface area contributed by atoms with Crippen molar-refractivity contribution >= 4 is 28.8 Å². The zero-order valence-corrected chi connectivity index (χ0v) is 14.3. The summed E-state index contributed by atoms with van der Waals surface area (Å²) < 4.78 is 0. The predicted octanol–water partition coefficient (Wildman–Crippen LogP) is 5.49. The molecular weight excluding hydrogens is 332 g/mol. The van der Waals surface area contributed by atoms with E-state index in [1.807, 2.05) is 37.3 Å². The molecule has 3 aromatic rings.